The molecule has 2 bridgehead atoms. The normalized spacial score (nSPS) is 31.3. The molecule has 8 nitrogen and oxygen atoms in total. The predicted octanol–water partition coefficient (Wildman–Crippen LogP) is 2.50. The molecule has 0 N–H and O–H groups in total. The van der Waals surface area contributed by atoms with Crippen molar-refractivity contribution in [1.29, 1.82) is 5.26 Å². The molecule has 166 valence electrons. The van der Waals surface area contributed by atoms with Gasteiger partial charge >= 0.3 is 0 Å². The molecule has 2 aromatic rings. The van der Waals surface area contributed by atoms with Crippen LogP contribution in [0.25, 0.3) is 10.8 Å². The molecular weight excluding hydrogens is 432 g/mol. The molecule has 0 aliphatic carbocycles. The Morgan fingerprint density at radius 3 is 2.50 bits per heavy atom. The van der Waals surface area contributed by atoms with Gasteiger partial charge in [-0.1, -0.05) is 24.3 Å². The number of hydrogen-bond donors (Lipinski definition) is 0. The summed E-state index contributed by atoms with van der Waals surface area (Å²) in [7, 11) is -3.63. The quantitative estimate of drug-likeness (QED) is 0.504. The third-order valence-electron chi connectivity index (χ3n) is 7.10. The Hall–Kier alpha value is -2.80. The highest BCUT2D eigenvalue weighted by Crippen LogP contribution is 2.62. The standard InChI is InChI=1S/C23H22N2O6S/c1-22-9-10-23(31-22,11-12-30-32(2,28)29)19-18(22)20(26)25(21(19)27)17-8-7-14(13-24)15-5-3-4-6-16(15)17/h3-8,18-19H,9-12H2,1-2H3/t18-,19+,22?,23?/m0/s1. The Labute approximate surface area is 185 Å². The van der Waals surface area contributed by atoms with E-state index in [0.717, 1.165) is 6.26 Å². The van der Waals surface area contributed by atoms with Crippen LogP contribution in [0.1, 0.15) is 31.7 Å². The van der Waals surface area contributed by atoms with Gasteiger partial charge < -0.3 is 4.74 Å². The number of imide groups is 1. The molecule has 2 aromatic carbocycles. The highest BCUT2D eigenvalue weighted by atomic mass is 32.2. The van der Waals surface area contributed by atoms with Gasteiger partial charge in [0.15, 0.2) is 0 Å². The summed E-state index contributed by atoms with van der Waals surface area (Å²) in [6.45, 7) is 1.74. The maximum absolute atomic E-state index is 13.7. The van der Waals surface area contributed by atoms with E-state index in [-0.39, 0.29) is 24.8 Å². The fraction of sp³-hybridized carbons (Fsp3) is 0.435. The van der Waals surface area contributed by atoms with Crippen LogP contribution in [0.2, 0.25) is 0 Å². The Bertz CT molecular complexity index is 1320. The highest BCUT2D eigenvalue weighted by Gasteiger charge is 2.73. The molecule has 3 heterocycles. The number of hydrogen-bond acceptors (Lipinski definition) is 7. The largest absolute Gasteiger partial charge is 0.367 e. The van der Waals surface area contributed by atoms with E-state index in [1.165, 1.54) is 4.90 Å². The second-order valence-electron chi connectivity index (χ2n) is 9.01. The number of amides is 2. The van der Waals surface area contributed by atoms with Gasteiger partial charge in [0.2, 0.25) is 11.8 Å². The maximum atomic E-state index is 13.7. The van der Waals surface area contributed by atoms with Crippen molar-refractivity contribution in [2.24, 2.45) is 11.8 Å². The van der Waals surface area contributed by atoms with Crippen LogP contribution < -0.4 is 4.90 Å². The first kappa shape index (κ1) is 21.1. The van der Waals surface area contributed by atoms with Crippen molar-refractivity contribution >= 4 is 38.4 Å². The third kappa shape index (κ3) is 2.90. The number of nitrogens with zero attached hydrogens (tertiary/aromatic N) is 2. The molecule has 0 aromatic heterocycles. The minimum absolute atomic E-state index is 0.112. The summed E-state index contributed by atoms with van der Waals surface area (Å²) >= 11 is 0. The summed E-state index contributed by atoms with van der Waals surface area (Å²) in [6, 6.07) is 12.6. The maximum Gasteiger partial charge on any atom is 0.264 e. The lowest BCUT2D eigenvalue weighted by atomic mass is 9.67. The van der Waals surface area contributed by atoms with Gasteiger partial charge in [0, 0.05) is 17.2 Å². The predicted molar refractivity (Wildman–Crippen MR) is 115 cm³/mol. The summed E-state index contributed by atoms with van der Waals surface area (Å²) in [5.41, 5.74) is -0.809. The lowest BCUT2D eigenvalue weighted by molar-refractivity contribution is -0.131. The van der Waals surface area contributed by atoms with Crippen molar-refractivity contribution in [3.63, 3.8) is 0 Å². The zero-order chi connectivity index (χ0) is 22.9. The van der Waals surface area contributed by atoms with Crippen molar-refractivity contribution in [3.8, 4) is 6.07 Å². The lowest BCUT2D eigenvalue weighted by Crippen LogP contribution is -2.43. The molecule has 3 saturated heterocycles. The fourth-order valence-corrected chi connectivity index (χ4v) is 6.18. The number of anilines is 1. The van der Waals surface area contributed by atoms with E-state index in [1.54, 1.807) is 36.4 Å². The van der Waals surface area contributed by atoms with Gasteiger partial charge in [0.05, 0.1) is 53.2 Å². The number of nitriles is 1. The molecule has 3 aliphatic rings. The van der Waals surface area contributed by atoms with Crippen molar-refractivity contribution in [2.75, 3.05) is 17.8 Å². The number of benzene rings is 2. The molecule has 2 unspecified atom stereocenters. The molecular formula is C23H22N2O6S. The van der Waals surface area contributed by atoms with E-state index < -0.39 is 33.2 Å². The minimum Gasteiger partial charge on any atom is -0.367 e. The highest BCUT2D eigenvalue weighted by molar-refractivity contribution is 7.85. The van der Waals surface area contributed by atoms with Gasteiger partial charge in [0.25, 0.3) is 10.1 Å². The van der Waals surface area contributed by atoms with Gasteiger partial charge in [-0.3, -0.25) is 13.8 Å². The zero-order valence-corrected chi connectivity index (χ0v) is 18.5. The molecule has 3 aliphatic heterocycles. The van der Waals surface area contributed by atoms with Crippen molar-refractivity contribution < 1.29 is 26.9 Å². The zero-order valence-electron chi connectivity index (χ0n) is 17.7. The van der Waals surface area contributed by atoms with E-state index in [0.29, 0.717) is 34.9 Å². The summed E-state index contributed by atoms with van der Waals surface area (Å²) in [5.74, 6) is -2.01. The van der Waals surface area contributed by atoms with Crippen LogP contribution in [0.15, 0.2) is 36.4 Å². The van der Waals surface area contributed by atoms with Crippen LogP contribution in [0, 0.1) is 23.2 Å². The summed E-state index contributed by atoms with van der Waals surface area (Å²) in [6.07, 6.45) is 2.34. The Balaban J connectivity index is 1.56. The number of fused-ring (bicyclic) bond motifs is 6. The molecule has 2 amide bonds. The lowest BCUT2D eigenvalue weighted by Gasteiger charge is -2.30. The van der Waals surface area contributed by atoms with Gasteiger partial charge in [-0.15, -0.1) is 0 Å². The molecule has 5 rings (SSSR count). The van der Waals surface area contributed by atoms with Crippen LogP contribution in [0.4, 0.5) is 5.69 Å². The van der Waals surface area contributed by atoms with Crippen molar-refractivity contribution in [1.82, 2.24) is 0 Å². The number of carbonyl (C=O) groups is 2. The summed E-state index contributed by atoms with van der Waals surface area (Å²) in [5, 5.41) is 10.8. The van der Waals surface area contributed by atoms with Crippen LogP contribution in [-0.2, 0) is 28.6 Å². The van der Waals surface area contributed by atoms with Gasteiger partial charge in [-0.05, 0) is 31.9 Å². The van der Waals surface area contributed by atoms with Gasteiger partial charge in [0.1, 0.15) is 0 Å². The molecule has 9 heteroatoms. The first-order chi connectivity index (χ1) is 15.1. The van der Waals surface area contributed by atoms with Crippen LogP contribution in [0.3, 0.4) is 0 Å². The third-order valence-corrected chi connectivity index (χ3v) is 7.69. The van der Waals surface area contributed by atoms with Gasteiger partial charge in [-0.2, -0.15) is 13.7 Å². The monoisotopic (exact) mass is 454 g/mol. The molecule has 3 fully saturated rings. The SMILES string of the molecule is CC12CCC(CCOS(C)(=O)=O)(O1)[C@H]1C(=O)N(c3ccc(C#N)c4ccccc34)C(=O)[C@H]12. The van der Waals surface area contributed by atoms with Gasteiger partial charge in [-0.25, -0.2) is 4.90 Å². The minimum atomic E-state index is -3.63. The van der Waals surface area contributed by atoms with E-state index >= 15 is 0 Å². The first-order valence-corrected chi connectivity index (χ1v) is 12.3. The molecule has 32 heavy (non-hydrogen) atoms. The topological polar surface area (TPSA) is 114 Å². The Kier molecular flexibility index (Phi) is 4.51. The average molecular weight is 455 g/mol. The number of ether oxygens (including phenoxy) is 1. The summed E-state index contributed by atoms with van der Waals surface area (Å²) in [4.78, 5) is 28.5. The Morgan fingerprint density at radius 1 is 1.12 bits per heavy atom. The second kappa shape index (κ2) is 6.85. The number of rotatable bonds is 5. The average Bonchev–Trinajstić information content (AvgIpc) is 3.31. The molecule has 0 spiro atoms. The van der Waals surface area contributed by atoms with E-state index in [4.69, 9.17) is 8.92 Å². The smallest absolute Gasteiger partial charge is 0.264 e. The van der Waals surface area contributed by atoms with E-state index in [9.17, 15) is 23.3 Å². The second-order valence-corrected chi connectivity index (χ2v) is 10.7. The van der Waals surface area contributed by atoms with Crippen LogP contribution >= 0.6 is 0 Å². The molecule has 4 atom stereocenters. The van der Waals surface area contributed by atoms with E-state index in [2.05, 4.69) is 6.07 Å². The summed E-state index contributed by atoms with van der Waals surface area (Å²) < 4.78 is 34.0. The first-order valence-electron chi connectivity index (χ1n) is 10.4. The fourth-order valence-electron chi connectivity index (χ4n) is 5.79. The van der Waals surface area contributed by atoms with Crippen LogP contribution in [0.5, 0.6) is 0 Å². The molecule has 0 radical (unpaired) electrons. The van der Waals surface area contributed by atoms with E-state index in [1.807, 2.05) is 6.92 Å². The van der Waals surface area contributed by atoms with Crippen molar-refractivity contribution in [2.45, 2.75) is 37.4 Å². The number of carbonyl (C=O) groups excluding carboxylic acids is 2. The van der Waals surface area contributed by atoms with Crippen molar-refractivity contribution in [3.05, 3.63) is 42.0 Å². The Morgan fingerprint density at radius 2 is 1.81 bits per heavy atom. The molecule has 0 saturated carbocycles. The van der Waals surface area contributed by atoms with Crippen LogP contribution in [-0.4, -0.2) is 44.3 Å².